The van der Waals surface area contributed by atoms with E-state index in [1.165, 1.54) is 0 Å². The number of carbonyl (C=O) groups excluding carboxylic acids is 2. The normalized spacial score (nSPS) is 12.2. The summed E-state index contributed by atoms with van der Waals surface area (Å²) in [6.45, 7) is 5.94. The van der Waals surface area contributed by atoms with Crippen LogP contribution in [-0.4, -0.2) is 28.9 Å². The third-order valence-corrected chi connectivity index (χ3v) is 2.86. The summed E-state index contributed by atoms with van der Waals surface area (Å²) in [5, 5.41) is -0.476. The highest BCUT2D eigenvalue weighted by Crippen LogP contribution is 2.22. The Kier molecular flexibility index (Phi) is 8.02. The summed E-state index contributed by atoms with van der Waals surface area (Å²) >= 11 is 1.67. The van der Waals surface area contributed by atoms with E-state index in [-0.39, 0.29) is 10.4 Å². The van der Waals surface area contributed by atoms with Gasteiger partial charge in [0.25, 0.3) is 4.45 Å². The van der Waals surface area contributed by atoms with Crippen LogP contribution >= 0.6 is 23.8 Å². The lowest BCUT2D eigenvalue weighted by molar-refractivity contribution is -0.142. The highest BCUT2D eigenvalue weighted by molar-refractivity contribution is 8.37. The fourth-order valence-corrected chi connectivity index (χ4v) is 1.98. The molecule has 0 aromatic heterocycles. The smallest absolute Gasteiger partial charge is 0.319 e. The fourth-order valence-electron chi connectivity index (χ4n) is 0.579. The van der Waals surface area contributed by atoms with E-state index in [0.29, 0.717) is 13.2 Å². The summed E-state index contributed by atoms with van der Waals surface area (Å²) in [7, 11) is 0. The average molecular weight is 238 g/mol. The van der Waals surface area contributed by atoms with Crippen LogP contribution in [-0.2, 0) is 13.7 Å². The molecule has 0 aromatic rings. The SMILES string of the molecule is CCOSC(=O)SC(C)C(=O)OCC. The number of ether oxygens (including phenoxy) is 1. The number of esters is 1. The van der Waals surface area contributed by atoms with Crippen LogP contribution in [0.3, 0.4) is 0 Å². The van der Waals surface area contributed by atoms with Crippen molar-refractivity contribution < 1.29 is 18.5 Å². The van der Waals surface area contributed by atoms with Crippen LogP contribution in [0.2, 0.25) is 0 Å². The van der Waals surface area contributed by atoms with Crippen molar-refractivity contribution in [1.82, 2.24) is 0 Å². The Bertz CT molecular complexity index is 196. The number of thioether (sulfide) groups is 1. The van der Waals surface area contributed by atoms with Gasteiger partial charge in [-0.1, -0.05) is 11.8 Å². The predicted octanol–water partition coefficient (Wildman–Crippen LogP) is 2.48. The molecule has 0 aliphatic rings. The molecule has 0 aliphatic carbocycles. The zero-order valence-corrected chi connectivity index (χ0v) is 10.1. The minimum Gasteiger partial charge on any atom is -0.465 e. The number of hydrogen-bond donors (Lipinski definition) is 0. The third-order valence-electron chi connectivity index (χ3n) is 1.14. The molecule has 0 saturated carbocycles. The van der Waals surface area contributed by atoms with Crippen LogP contribution in [0.5, 0.6) is 0 Å². The van der Waals surface area contributed by atoms with Crippen LogP contribution < -0.4 is 0 Å². The summed E-state index contributed by atoms with van der Waals surface area (Å²) in [5.41, 5.74) is 0. The maximum absolute atomic E-state index is 11.1. The van der Waals surface area contributed by atoms with E-state index in [1.54, 1.807) is 20.8 Å². The Morgan fingerprint density at radius 2 is 1.93 bits per heavy atom. The van der Waals surface area contributed by atoms with Gasteiger partial charge in [0.05, 0.1) is 25.3 Å². The molecule has 0 saturated heterocycles. The van der Waals surface area contributed by atoms with E-state index in [9.17, 15) is 9.59 Å². The molecule has 0 fully saturated rings. The maximum atomic E-state index is 11.1. The van der Waals surface area contributed by atoms with Gasteiger partial charge in [-0.15, -0.1) is 0 Å². The lowest BCUT2D eigenvalue weighted by Crippen LogP contribution is -2.17. The Balaban J connectivity index is 3.75. The summed E-state index contributed by atoms with van der Waals surface area (Å²) in [4.78, 5) is 22.2. The zero-order chi connectivity index (χ0) is 11.0. The van der Waals surface area contributed by atoms with Gasteiger partial charge < -0.3 is 8.92 Å². The Morgan fingerprint density at radius 3 is 2.43 bits per heavy atom. The molecule has 0 rings (SSSR count). The quantitative estimate of drug-likeness (QED) is 0.542. The number of hydrogen-bond acceptors (Lipinski definition) is 6. The Hall–Kier alpha value is -0.200. The lowest BCUT2D eigenvalue weighted by atomic mass is 10.5. The second kappa shape index (κ2) is 8.14. The van der Waals surface area contributed by atoms with Gasteiger partial charge in [0.2, 0.25) is 0 Å². The van der Waals surface area contributed by atoms with Gasteiger partial charge >= 0.3 is 5.97 Å². The average Bonchev–Trinajstić information content (AvgIpc) is 2.15. The molecule has 0 bridgehead atoms. The van der Waals surface area contributed by atoms with Crippen molar-refractivity contribution in [3.8, 4) is 0 Å². The van der Waals surface area contributed by atoms with Crippen LogP contribution in [0.4, 0.5) is 4.79 Å². The second-order valence-corrected chi connectivity index (χ2v) is 4.60. The minimum atomic E-state index is -0.476. The van der Waals surface area contributed by atoms with Gasteiger partial charge in [0.15, 0.2) is 0 Å². The molecule has 0 N–H and O–H groups in total. The third kappa shape index (κ3) is 6.28. The molecule has 82 valence electrons. The van der Waals surface area contributed by atoms with E-state index in [4.69, 9.17) is 8.92 Å². The number of rotatable bonds is 5. The van der Waals surface area contributed by atoms with Gasteiger partial charge in [0, 0.05) is 0 Å². The molecule has 1 atom stereocenters. The second-order valence-electron chi connectivity index (χ2n) is 2.25. The van der Waals surface area contributed by atoms with Crippen molar-refractivity contribution in [1.29, 1.82) is 0 Å². The molecule has 0 spiro atoms. The van der Waals surface area contributed by atoms with Crippen molar-refractivity contribution in [2.75, 3.05) is 13.2 Å². The highest BCUT2D eigenvalue weighted by atomic mass is 32.2. The van der Waals surface area contributed by atoms with Gasteiger partial charge in [0.1, 0.15) is 5.25 Å². The summed E-state index contributed by atoms with van der Waals surface area (Å²) in [6.07, 6.45) is 0. The molecule has 0 radical (unpaired) electrons. The molecule has 1 unspecified atom stereocenters. The van der Waals surface area contributed by atoms with E-state index < -0.39 is 5.25 Å². The van der Waals surface area contributed by atoms with Crippen LogP contribution in [0.25, 0.3) is 0 Å². The Morgan fingerprint density at radius 1 is 1.29 bits per heavy atom. The molecule has 0 aliphatic heterocycles. The molecular formula is C8H14O4S2. The molecule has 4 nitrogen and oxygen atoms in total. The van der Waals surface area contributed by atoms with Gasteiger partial charge in [-0.25, -0.2) is 0 Å². The molecule has 0 amide bonds. The molecule has 14 heavy (non-hydrogen) atoms. The lowest BCUT2D eigenvalue weighted by Gasteiger charge is -2.07. The van der Waals surface area contributed by atoms with Crippen molar-refractivity contribution in [2.45, 2.75) is 26.0 Å². The Labute approximate surface area is 92.3 Å². The van der Waals surface area contributed by atoms with Crippen molar-refractivity contribution in [3.63, 3.8) is 0 Å². The van der Waals surface area contributed by atoms with Crippen molar-refractivity contribution in [3.05, 3.63) is 0 Å². The van der Waals surface area contributed by atoms with Crippen molar-refractivity contribution in [2.24, 2.45) is 0 Å². The molecule has 0 aromatic carbocycles. The van der Waals surface area contributed by atoms with E-state index >= 15 is 0 Å². The first-order valence-corrected chi connectivity index (χ1v) is 5.90. The number of carbonyl (C=O) groups is 2. The topological polar surface area (TPSA) is 52.6 Å². The van der Waals surface area contributed by atoms with Crippen LogP contribution in [0, 0.1) is 0 Å². The minimum absolute atomic E-state index is 0.229. The van der Waals surface area contributed by atoms with Gasteiger partial charge in [-0.05, 0) is 20.8 Å². The van der Waals surface area contributed by atoms with Crippen LogP contribution in [0.15, 0.2) is 0 Å². The predicted molar refractivity (Wildman–Crippen MR) is 58.3 cm³/mol. The standard InChI is InChI=1S/C8H14O4S2/c1-4-11-7(9)6(3)13-8(10)14-12-5-2/h6H,4-5H2,1-3H3. The van der Waals surface area contributed by atoms with Gasteiger partial charge in [-0.3, -0.25) is 9.59 Å². The first-order chi connectivity index (χ1) is 6.61. The van der Waals surface area contributed by atoms with Crippen molar-refractivity contribution >= 4 is 34.2 Å². The summed E-state index contributed by atoms with van der Waals surface area (Å²) < 4.78 is 9.35. The fraction of sp³-hybridized carbons (Fsp3) is 0.750. The zero-order valence-electron chi connectivity index (χ0n) is 8.44. The van der Waals surface area contributed by atoms with E-state index in [2.05, 4.69) is 0 Å². The summed E-state index contributed by atoms with van der Waals surface area (Å²) in [5.74, 6) is -0.372. The first kappa shape index (κ1) is 13.8. The van der Waals surface area contributed by atoms with Crippen LogP contribution in [0.1, 0.15) is 20.8 Å². The maximum Gasteiger partial charge on any atom is 0.319 e. The monoisotopic (exact) mass is 238 g/mol. The largest absolute Gasteiger partial charge is 0.465 e. The van der Waals surface area contributed by atoms with Gasteiger partial charge in [-0.2, -0.15) is 0 Å². The molecule has 6 heteroatoms. The highest BCUT2D eigenvalue weighted by Gasteiger charge is 2.19. The molecule has 0 heterocycles. The summed E-state index contributed by atoms with van der Waals surface area (Å²) in [6, 6.07) is 0. The van der Waals surface area contributed by atoms with E-state index in [0.717, 1.165) is 23.8 Å². The molecular weight excluding hydrogens is 224 g/mol. The van der Waals surface area contributed by atoms with E-state index in [1.807, 2.05) is 0 Å². The first-order valence-electron chi connectivity index (χ1n) is 4.28.